The van der Waals surface area contributed by atoms with Gasteiger partial charge in [0.25, 0.3) is 0 Å². The number of para-hydroxylation sites is 1. The predicted molar refractivity (Wildman–Crippen MR) is 114 cm³/mol. The zero-order chi connectivity index (χ0) is 20.0. The molecule has 0 amide bonds. The van der Waals surface area contributed by atoms with Crippen molar-refractivity contribution in [2.75, 3.05) is 32.6 Å². The van der Waals surface area contributed by atoms with Crippen LogP contribution in [0.2, 0.25) is 0 Å². The first kappa shape index (κ1) is 20.8. The Labute approximate surface area is 163 Å². The summed E-state index contributed by atoms with van der Waals surface area (Å²) < 4.78 is 1.89. The van der Waals surface area contributed by atoms with Gasteiger partial charge in [-0.1, -0.05) is 32.0 Å². The van der Waals surface area contributed by atoms with Crippen LogP contribution < -0.4 is 10.2 Å². The minimum atomic E-state index is 0.335. The van der Waals surface area contributed by atoms with E-state index in [1.165, 1.54) is 11.3 Å². The third-order valence-corrected chi connectivity index (χ3v) is 4.85. The second-order valence-corrected chi connectivity index (χ2v) is 7.45. The monoisotopic (exact) mass is 370 g/mol. The summed E-state index contributed by atoms with van der Waals surface area (Å²) in [5.74, 6) is 1.30. The van der Waals surface area contributed by atoms with Crippen molar-refractivity contribution in [3.63, 3.8) is 0 Å². The highest BCUT2D eigenvalue weighted by molar-refractivity contribution is 5.79. The molecule has 0 aliphatic heterocycles. The number of aliphatic imine (C=N–C) groups is 1. The van der Waals surface area contributed by atoms with Gasteiger partial charge in [0.15, 0.2) is 5.96 Å². The molecule has 27 heavy (non-hydrogen) atoms. The number of hydrogen-bond acceptors (Lipinski definition) is 3. The van der Waals surface area contributed by atoms with Gasteiger partial charge in [0, 0.05) is 64.8 Å². The standard InChI is InChI=1S/C21H34N6/c1-16(2)20-18(15-26(6)24-20)14-25(5)21(22-4)23-13-17(3)27(7)19-11-9-8-10-12-19/h8-12,15-17H,13-14H2,1-7H3,(H,22,23). The normalized spacial score (nSPS) is 13.0. The van der Waals surface area contributed by atoms with Crippen molar-refractivity contribution in [3.8, 4) is 0 Å². The SMILES string of the molecule is CN=C(NCC(C)N(C)c1ccccc1)N(C)Cc1cn(C)nc1C(C)C. The molecule has 0 spiro atoms. The topological polar surface area (TPSA) is 48.7 Å². The number of anilines is 1. The summed E-state index contributed by atoms with van der Waals surface area (Å²) >= 11 is 0. The molecule has 1 aromatic carbocycles. The minimum absolute atomic E-state index is 0.335. The molecular formula is C21H34N6. The van der Waals surface area contributed by atoms with Crippen LogP contribution in [0.3, 0.4) is 0 Å². The second kappa shape index (κ2) is 9.44. The quantitative estimate of drug-likeness (QED) is 0.601. The van der Waals surface area contributed by atoms with E-state index in [-0.39, 0.29) is 0 Å². The van der Waals surface area contributed by atoms with Crippen LogP contribution in [0.1, 0.15) is 37.9 Å². The molecule has 0 aliphatic carbocycles. The first-order chi connectivity index (χ1) is 12.8. The lowest BCUT2D eigenvalue weighted by atomic mass is 10.1. The van der Waals surface area contributed by atoms with Crippen molar-refractivity contribution in [2.24, 2.45) is 12.0 Å². The van der Waals surface area contributed by atoms with E-state index in [4.69, 9.17) is 0 Å². The van der Waals surface area contributed by atoms with Gasteiger partial charge in [0.2, 0.25) is 0 Å². The average Bonchev–Trinajstić information content (AvgIpc) is 3.02. The number of aryl methyl sites for hydroxylation is 1. The molecule has 1 heterocycles. The van der Waals surface area contributed by atoms with E-state index in [0.717, 1.165) is 24.7 Å². The van der Waals surface area contributed by atoms with Gasteiger partial charge in [-0.05, 0) is 25.0 Å². The van der Waals surface area contributed by atoms with Crippen molar-refractivity contribution in [3.05, 3.63) is 47.8 Å². The van der Waals surface area contributed by atoms with E-state index in [1.54, 1.807) is 0 Å². The zero-order valence-corrected chi connectivity index (χ0v) is 17.8. The van der Waals surface area contributed by atoms with Gasteiger partial charge >= 0.3 is 0 Å². The van der Waals surface area contributed by atoms with E-state index in [2.05, 4.69) is 90.5 Å². The Morgan fingerprint density at radius 2 is 1.85 bits per heavy atom. The summed E-state index contributed by atoms with van der Waals surface area (Å²) in [7, 11) is 8.00. The fraction of sp³-hybridized carbons (Fsp3) is 0.524. The highest BCUT2D eigenvalue weighted by atomic mass is 15.3. The molecule has 1 atom stereocenters. The number of nitrogens with one attached hydrogen (secondary N) is 1. The van der Waals surface area contributed by atoms with Crippen LogP contribution in [0.5, 0.6) is 0 Å². The van der Waals surface area contributed by atoms with E-state index < -0.39 is 0 Å². The van der Waals surface area contributed by atoms with Crippen molar-refractivity contribution >= 4 is 11.6 Å². The molecule has 1 unspecified atom stereocenters. The summed E-state index contributed by atoms with van der Waals surface area (Å²) in [6, 6.07) is 10.8. The lowest BCUT2D eigenvalue weighted by molar-refractivity contribution is 0.469. The molecule has 2 rings (SSSR count). The molecule has 148 valence electrons. The summed E-state index contributed by atoms with van der Waals surface area (Å²) in [6.07, 6.45) is 2.10. The smallest absolute Gasteiger partial charge is 0.193 e. The van der Waals surface area contributed by atoms with Crippen LogP contribution in [0.25, 0.3) is 0 Å². The first-order valence-electron chi connectivity index (χ1n) is 9.55. The van der Waals surface area contributed by atoms with Crippen LogP contribution in [0, 0.1) is 0 Å². The lowest BCUT2D eigenvalue weighted by Gasteiger charge is -2.29. The van der Waals surface area contributed by atoms with Gasteiger partial charge in [-0.2, -0.15) is 5.10 Å². The molecule has 2 aromatic rings. The first-order valence-corrected chi connectivity index (χ1v) is 9.55. The van der Waals surface area contributed by atoms with Crippen molar-refractivity contribution < 1.29 is 0 Å². The van der Waals surface area contributed by atoms with Gasteiger partial charge in [0.1, 0.15) is 0 Å². The summed E-state index contributed by atoms with van der Waals surface area (Å²) in [5, 5.41) is 8.10. The van der Waals surface area contributed by atoms with E-state index >= 15 is 0 Å². The maximum atomic E-state index is 4.60. The third kappa shape index (κ3) is 5.49. The van der Waals surface area contributed by atoms with Crippen LogP contribution in [-0.4, -0.2) is 54.4 Å². The molecule has 0 saturated carbocycles. The van der Waals surface area contributed by atoms with Crippen LogP contribution >= 0.6 is 0 Å². The number of guanidine groups is 1. The summed E-state index contributed by atoms with van der Waals surface area (Å²) in [4.78, 5) is 8.88. The van der Waals surface area contributed by atoms with Gasteiger partial charge in [-0.15, -0.1) is 0 Å². The largest absolute Gasteiger partial charge is 0.370 e. The van der Waals surface area contributed by atoms with Gasteiger partial charge < -0.3 is 15.1 Å². The second-order valence-electron chi connectivity index (χ2n) is 7.45. The highest BCUT2D eigenvalue weighted by Gasteiger charge is 2.16. The van der Waals surface area contributed by atoms with Crippen LogP contribution in [0.15, 0.2) is 41.5 Å². The molecular weight excluding hydrogens is 336 g/mol. The Kier molecular flexibility index (Phi) is 7.28. The molecule has 0 radical (unpaired) electrons. The number of aromatic nitrogens is 2. The molecule has 1 aromatic heterocycles. The third-order valence-electron chi connectivity index (χ3n) is 4.85. The van der Waals surface area contributed by atoms with Crippen molar-refractivity contribution in [1.82, 2.24) is 20.0 Å². The maximum Gasteiger partial charge on any atom is 0.193 e. The van der Waals surface area contributed by atoms with Crippen molar-refractivity contribution in [1.29, 1.82) is 0 Å². The number of nitrogens with zero attached hydrogens (tertiary/aromatic N) is 5. The Morgan fingerprint density at radius 3 is 2.44 bits per heavy atom. The molecule has 0 aliphatic rings. The fourth-order valence-electron chi connectivity index (χ4n) is 3.17. The fourth-order valence-corrected chi connectivity index (χ4v) is 3.17. The number of hydrogen-bond donors (Lipinski definition) is 1. The molecule has 0 fully saturated rings. The average molecular weight is 371 g/mol. The van der Waals surface area contributed by atoms with Crippen LogP contribution in [-0.2, 0) is 13.6 Å². The van der Waals surface area contributed by atoms with Crippen LogP contribution in [0.4, 0.5) is 5.69 Å². The minimum Gasteiger partial charge on any atom is -0.370 e. The molecule has 0 saturated heterocycles. The Morgan fingerprint density at radius 1 is 1.19 bits per heavy atom. The highest BCUT2D eigenvalue weighted by Crippen LogP contribution is 2.18. The molecule has 6 nitrogen and oxygen atoms in total. The Hall–Kier alpha value is -2.50. The molecule has 6 heteroatoms. The predicted octanol–water partition coefficient (Wildman–Crippen LogP) is 3.08. The number of benzene rings is 1. The van der Waals surface area contributed by atoms with Gasteiger partial charge in [-0.25, -0.2) is 0 Å². The molecule has 1 N–H and O–H groups in total. The van der Waals surface area contributed by atoms with E-state index in [1.807, 2.05) is 24.8 Å². The van der Waals surface area contributed by atoms with Crippen molar-refractivity contribution in [2.45, 2.75) is 39.3 Å². The Balaban J connectivity index is 1.96. The van der Waals surface area contributed by atoms with E-state index in [0.29, 0.717) is 12.0 Å². The van der Waals surface area contributed by atoms with Gasteiger partial charge in [-0.3, -0.25) is 9.67 Å². The number of rotatable bonds is 7. The zero-order valence-electron chi connectivity index (χ0n) is 17.8. The molecule has 0 bridgehead atoms. The van der Waals surface area contributed by atoms with E-state index in [9.17, 15) is 0 Å². The Bertz CT molecular complexity index is 734. The lowest BCUT2D eigenvalue weighted by Crippen LogP contribution is -2.45. The maximum absolute atomic E-state index is 4.60. The summed E-state index contributed by atoms with van der Waals surface area (Å²) in [5.41, 5.74) is 3.61. The number of likely N-dealkylation sites (N-methyl/N-ethyl adjacent to an activating group) is 1. The summed E-state index contributed by atoms with van der Waals surface area (Å²) in [6.45, 7) is 8.17. The van der Waals surface area contributed by atoms with Gasteiger partial charge in [0.05, 0.1) is 5.69 Å².